The molecule has 4 atom stereocenters. The summed E-state index contributed by atoms with van der Waals surface area (Å²) in [5.74, 6) is -0.822. The normalized spacial score (nSPS) is 14.4. The third-order valence-corrected chi connectivity index (χ3v) is 6.42. The van der Waals surface area contributed by atoms with E-state index in [1.54, 1.807) is 25.1 Å². The fourth-order valence-corrected chi connectivity index (χ4v) is 4.16. The molecular formula is C27H42ClFN2O5. The number of methoxy groups -OCH3 is 1. The van der Waals surface area contributed by atoms with Crippen molar-refractivity contribution in [3.05, 3.63) is 28.8 Å². The van der Waals surface area contributed by atoms with E-state index in [1.807, 2.05) is 20.8 Å². The first-order valence-electron chi connectivity index (χ1n) is 12.7. The first-order chi connectivity index (χ1) is 17.0. The number of carbonyl (C=O) groups is 3. The van der Waals surface area contributed by atoms with Gasteiger partial charge >= 0.3 is 5.97 Å². The molecule has 204 valence electrons. The van der Waals surface area contributed by atoms with E-state index >= 15 is 0 Å². The van der Waals surface area contributed by atoms with Gasteiger partial charge in [-0.15, -0.1) is 0 Å². The summed E-state index contributed by atoms with van der Waals surface area (Å²) in [5.41, 5.74) is 1.14. The fourth-order valence-electron chi connectivity index (χ4n) is 3.91. The number of nitrogens with one attached hydrogen (secondary N) is 1. The Morgan fingerprint density at radius 2 is 1.83 bits per heavy atom. The summed E-state index contributed by atoms with van der Waals surface area (Å²) >= 11 is 6.24. The van der Waals surface area contributed by atoms with Crippen molar-refractivity contribution in [2.24, 2.45) is 5.92 Å². The molecule has 0 saturated carbocycles. The van der Waals surface area contributed by atoms with Crippen LogP contribution in [0.1, 0.15) is 72.3 Å². The highest BCUT2D eigenvalue weighted by Crippen LogP contribution is 2.24. The molecule has 36 heavy (non-hydrogen) atoms. The van der Waals surface area contributed by atoms with Gasteiger partial charge in [0, 0.05) is 6.92 Å². The highest BCUT2D eigenvalue weighted by Gasteiger charge is 2.25. The van der Waals surface area contributed by atoms with E-state index in [1.165, 1.54) is 18.9 Å². The Kier molecular flexibility index (Phi) is 14.6. The minimum Gasteiger partial charge on any atom is -0.469 e. The molecule has 0 aliphatic carbocycles. The summed E-state index contributed by atoms with van der Waals surface area (Å²) in [4.78, 5) is 37.9. The fraction of sp³-hybridized carbons (Fsp3) is 0.667. The average Bonchev–Trinajstić information content (AvgIpc) is 2.84. The largest absolute Gasteiger partial charge is 0.469 e. The van der Waals surface area contributed by atoms with E-state index in [0.29, 0.717) is 35.5 Å². The molecule has 4 unspecified atom stereocenters. The number of anilines is 1. The van der Waals surface area contributed by atoms with Crippen molar-refractivity contribution in [3.8, 4) is 0 Å². The number of benzene rings is 1. The van der Waals surface area contributed by atoms with E-state index in [0.717, 1.165) is 12.8 Å². The van der Waals surface area contributed by atoms with Crippen LogP contribution >= 0.6 is 11.6 Å². The summed E-state index contributed by atoms with van der Waals surface area (Å²) in [7, 11) is 1.40. The number of carbonyl (C=O) groups excluding carboxylic acids is 3. The second kappa shape index (κ2) is 16.5. The molecule has 7 nitrogen and oxygen atoms in total. The number of alkyl halides is 1. The monoisotopic (exact) mass is 528 g/mol. The van der Waals surface area contributed by atoms with Crippen LogP contribution < -0.4 is 5.32 Å². The number of ether oxygens (including phenoxy) is 2. The molecular weight excluding hydrogens is 487 g/mol. The predicted octanol–water partition coefficient (Wildman–Crippen LogP) is 5.58. The van der Waals surface area contributed by atoms with Crippen LogP contribution in [0.15, 0.2) is 18.2 Å². The van der Waals surface area contributed by atoms with Crippen molar-refractivity contribution in [1.29, 1.82) is 0 Å². The molecule has 0 saturated heterocycles. The van der Waals surface area contributed by atoms with Gasteiger partial charge in [-0.05, 0) is 57.2 Å². The second-order valence-electron chi connectivity index (χ2n) is 9.30. The smallest absolute Gasteiger partial charge is 0.308 e. The van der Waals surface area contributed by atoms with Crippen molar-refractivity contribution >= 4 is 35.1 Å². The number of amides is 2. The van der Waals surface area contributed by atoms with Crippen LogP contribution in [0.3, 0.4) is 0 Å². The van der Waals surface area contributed by atoms with Crippen LogP contribution in [-0.4, -0.2) is 61.3 Å². The van der Waals surface area contributed by atoms with Crippen molar-refractivity contribution < 1.29 is 28.2 Å². The Morgan fingerprint density at radius 1 is 1.14 bits per heavy atom. The molecule has 0 bridgehead atoms. The molecule has 0 aliphatic rings. The topological polar surface area (TPSA) is 84.9 Å². The van der Waals surface area contributed by atoms with Crippen LogP contribution in [0.5, 0.6) is 0 Å². The molecule has 2 amide bonds. The highest BCUT2D eigenvalue weighted by molar-refractivity contribution is 6.33. The van der Waals surface area contributed by atoms with Gasteiger partial charge in [0.1, 0.15) is 6.17 Å². The van der Waals surface area contributed by atoms with Gasteiger partial charge in [0.05, 0.1) is 55.5 Å². The Balaban J connectivity index is 2.78. The minimum absolute atomic E-state index is 0.0210. The quantitative estimate of drug-likeness (QED) is 0.283. The van der Waals surface area contributed by atoms with Gasteiger partial charge in [-0.25, -0.2) is 4.39 Å². The lowest BCUT2D eigenvalue weighted by atomic mass is 9.96. The van der Waals surface area contributed by atoms with Crippen molar-refractivity contribution in [2.75, 3.05) is 25.6 Å². The van der Waals surface area contributed by atoms with E-state index in [4.69, 9.17) is 21.1 Å². The first kappa shape index (κ1) is 31.8. The molecule has 1 N–H and O–H groups in total. The maximum absolute atomic E-state index is 14.3. The third-order valence-electron chi connectivity index (χ3n) is 6.10. The number of halogens is 2. The second-order valence-corrected chi connectivity index (χ2v) is 9.71. The van der Waals surface area contributed by atoms with Crippen LogP contribution in [0, 0.1) is 5.92 Å². The van der Waals surface area contributed by atoms with Crippen molar-refractivity contribution in [2.45, 2.75) is 91.5 Å². The summed E-state index contributed by atoms with van der Waals surface area (Å²) in [5, 5.41) is 2.96. The maximum Gasteiger partial charge on any atom is 0.308 e. The van der Waals surface area contributed by atoms with Crippen molar-refractivity contribution in [3.63, 3.8) is 0 Å². The lowest BCUT2D eigenvalue weighted by molar-refractivity contribution is -0.146. The summed E-state index contributed by atoms with van der Waals surface area (Å²) in [6.45, 7) is 9.17. The zero-order valence-corrected chi connectivity index (χ0v) is 23.2. The van der Waals surface area contributed by atoms with Gasteiger partial charge < -0.3 is 19.7 Å². The first-order valence-corrected chi connectivity index (χ1v) is 13.1. The molecule has 1 rings (SSSR count). The number of esters is 1. The number of hydrogen-bond acceptors (Lipinski definition) is 5. The molecule has 0 fully saturated rings. The van der Waals surface area contributed by atoms with Gasteiger partial charge in [0.15, 0.2) is 0 Å². The molecule has 0 heterocycles. The van der Waals surface area contributed by atoms with Crippen LogP contribution in [-0.2, 0) is 30.3 Å². The molecule has 1 aromatic carbocycles. The summed E-state index contributed by atoms with van der Waals surface area (Å²) in [6, 6.07) is 4.66. The Labute approximate surface area is 220 Å². The molecule has 0 radical (unpaired) electrons. The summed E-state index contributed by atoms with van der Waals surface area (Å²) in [6.07, 6.45) is 2.09. The molecule has 1 aromatic rings. The zero-order chi connectivity index (χ0) is 27.3. The average molecular weight is 529 g/mol. The van der Waals surface area contributed by atoms with Gasteiger partial charge in [0.2, 0.25) is 11.8 Å². The Hall–Kier alpha value is -2.19. The van der Waals surface area contributed by atoms with Gasteiger partial charge in [-0.1, -0.05) is 37.9 Å². The number of nitrogens with zero attached hydrogens (tertiary/aromatic N) is 1. The van der Waals surface area contributed by atoms with Crippen LogP contribution in [0.4, 0.5) is 10.1 Å². The lowest BCUT2D eigenvalue weighted by Crippen LogP contribution is -2.45. The van der Waals surface area contributed by atoms with E-state index in [2.05, 4.69) is 5.32 Å². The standard InChI is InChI=1S/C27H42ClFN2O5/c1-7-9-22(27(34)35-6)12-10-19(4)36-17-18(3)31(16-23(29)8-2)26(33)15-21-11-13-25(24(28)14-21)30-20(5)32/h11,13-14,18-19,22-23H,7-10,12,15-17H2,1-6H3,(H,30,32). The van der Waals surface area contributed by atoms with Crippen LogP contribution in [0.25, 0.3) is 0 Å². The van der Waals surface area contributed by atoms with E-state index < -0.39 is 6.17 Å². The molecule has 0 spiro atoms. The van der Waals surface area contributed by atoms with Crippen molar-refractivity contribution in [1.82, 2.24) is 4.90 Å². The predicted molar refractivity (Wildman–Crippen MR) is 141 cm³/mol. The number of hydrogen-bond donors (Lipinski definition) is 1. The highest BCUT2D eigenvalue weighted by atomic mass is 35.5. The van der Waals surface area contributed by atoms with Gasteiger partial charge in [-0.2, -0.15) is 0 Å². The molecule has 0 aliphatic heterocycles. The SMILES string of the molecule is CCCC(CCC(C)OCC(C)N(CC(F)CC)C(=O)Cc1ccc(NC(C)=O)c(Cl)c1)C(=O)OC. The maximum atomic E-state index is 14.3. The van der Waals surface area contributed by atoms with E-state index in [9.17, 15) is 18.8 Å². The number of rotatable bonds is 16. The third kappa shape index (κ3) is 11.2. The Morgan fingerprint density at radius 3 is 2.39 bits per heavy atom. The zero-order valence-electron chi connectivity index (χ0n) is 22.4. The van der Waals surface area contributed by atoms with E-state index in [-0.39, 0.29) is 55.4 Å². The van der Waals surface area contributed by atoms with Gasteiger partial charge in [0.25, 0.3) is 0 Å². The molecule has 9 heteroatoms. The van der Waals surface area contributed by atoms with Crippen LogP contribution in [0.2, 0.25) is 5.02 Å². The molecule has 0 aromatic heterocycles. The minimum atomic E-state index is -1.14. The van der Waals surface area contributed by atoms with Gasteiger partial charge in [-0.3, -0.25) is 14.4 Å². The summed E-state index contributed by atoms with van der Waals surface area (Å²) < 4.78 is 25.2. The Bertz CT molecular complexity index is 853. The lowest BCUT2D eigenvalue weighted by Gasteiger charge is -2.31.